The van der Waals surface area contributed by atoms with Gasteiger partial charge >= 0.3 is 0 Å². The third-order valence-electron chi connectivity index (χ3n) is 4.08. The van der Waals surface area contributed by atoms with Gasteiger partial charge in [-0.2, -0.15) is 0 Å². The number of benzene rings is 1. The highest BCUT2D eigenvalue weighted by Crippen LogP contribution is 2.23. The fourth-order valence-corrected chi connectivity index (χ4v) is 3.52. The van der Waals surface area contributed by atoms with E-state index in [0.717, 1.165) is 17.1 Å². The van der Waals surface area contributed by atoms with Gasteiger partial charge in [-0.05, 0) is 36.1 Å². The molecule has 3 aromatic rings. The monoisotopic (exact) mass is 339 g/mol. The molecular formula is C20H21NO2S. The Morgan fingerprint density at radius 2 is 1.92 bits per heavy atom. The lowest BCUT2D eigenvalue weighted by Crippen LogP contribution is -2.26. The number of hydrogen-bond donors (Lipinski definition) is 0. The second-order valence-corrected chi connectivity index (χ2v) is 6.91. The van der Waals surface area contributed by atoms with E-state index < -0.39 is 0 Å². The Kier molecular flexibility index (Phi) is 5.16. The van der Waals surface area contributed by atoms with Crippen molar-refractivity contribution in [1.82, 2.24) is 4.90 Å². The van der Waals surface area contributed by atoms with Gasteiger partial charge in [-0.25, -0.2) is 0 Å². The highest BCUT2D eigenvalue weighted by molar-refractivity contribution is 7.10. The zero-order valence-electron chi connectivity index (χ0n) is 14.0. The molecule has 124 valence electrons. The van der Waals surface area contributed by atoms with E-state index in [4.69, 9.17) is 4.42 Å². The summed E-state index contributed by atoms with van der Waals surface area (Å²) in [5.41, 5.74) is 2.30. The van der Waals surface area contributed by atoms with Crippen molar-refractivity contribution in [2.75, 3.05) is 7.05 Å². The number of amides is 1. The largest absolute Gasteiger partial charge is 0.461 e. The minimum Gasteiger partial charge on any atom is -0.461 e. The van der Waals surface area contributed by atoms with E-state index in [-0.39, 0.29) is 5.91 Å². The number of carbonyl (C=O) groups excluding carboxylic acids is 1. The summed E-state index contributed by atoms with van der Waals surface area (Å²) in [4.78, 5) is 15.4. The molecule has 0 aliphatic rings. The minimum absolute atomic E-state index is 0.139. The molecule has 1 amide bonds. The molecule has 2 aromatic heterocycles. The van der Waals surface area contributed by atoms with E-state index in [1.807, 2.05) is 49.5 Å². The summed E-state index contributed by atoms with van der Waals surface area (Å²) < 4.78 is 5.86. The third kappa shape index (κ3) is 3.95. The number of aryl methyl sites for hydroxylation is 2. The van der Waals surface area contributed by atoms with Crippen molar-refractivity contribution in [2.45, 2.75) is 26.3 Å². The highest BCUT2D eigenvalue weighted by Gasteiger charge is 2.13. The maximum Gasteiger partial charge on any atom is 0.223 e. The average molecular weight is 339 g/mol. The first-order chi connectivity index (χ1) is 11.6. The number of rotatable bonds is 6. The molecule has 0 saturated carbocycles. The Morgan fingerprint density at radius 1 is 1.12 bits per heavy atom. The lowest BCUT2D eigenvalue weighted by molar-refractivity contribution is -0.130. The van der Waals surface area contributed by atoms with Crippen LogP contribution in [0.2, 0.25) is 0 Å². The Balaban J connectivity index is 1.55. The Morgan fingerprint density at radius 3 is 2.62 bits per heavy atom. The van der Waals surface area contributed by atoms with Crippen molar-refractivity contribution in [3.8, 4) is 11.3 Å². The Hall–Kier alpha value is -2.33. The lowest BCUT2D eigenvalue weighted by Gasteiger charge is -2.16. The molecule has 0 radical (unpaired) electrons. The minimum atomic E-state index is 0.139. The molecule has 0 unspecified atom stereocenters. The summed E-state index contributed by atoms with van der Waals surface area (Å²) in [7, 11) is 1.86. The molecule has 0 atom stereocenters. The summed E-state index contributed by atoms with van der Waals surface area (Å²) in [6, 6.07) is 16.0. The molecule has 0 aliphatic heterocycles. The molecule has 24 heavy (non-hydrogen) atoms. The quantitative estimate of drug-likeness (QED) is 0.639. The molecule has 0 fully saturated rings. The molecule has 0 spiro atoms. The molecule has 1 aromatic carbocycles. The predicted octanol–water partition coefficient (Wildman–Crippen LogP) is 4.91. The number of carbonyl (C=O) groups is 1. The topological polar surface area (TPSA) is 33.5 Å². The van der Waals surface area contributed by atoms with E-state index in [1.54, 1.807) is 16.2 Å². The maximum absolute atomic E-state index is 12.3. The lowest BCUT2D eigenvalue weighted by atomic mass is 10.2. The van der Waals surface area contributed by atoms with Crippen LogP contribution in [0.5, 0.6) is 0 Å². The third-order valence-corrected chi connectivity index (χ3v) is 5.09. The van der Waals surface area contributed by atoms with Gasteiger partial charge in [0, 0.05) is 30.3 Å². The van der Waals surface area contributed by atoms with Crippen LogP contribution in [0.4, 0.5) is 0 Å². The van der Waals surface area contributed by atoms with Gasteiger partial charge < -0.3 is 9.32 Å². The van der Waals surface area contributed by atoms with Crippen LogP contribution in [0.25, 0.3) is 11.3 Å². The highest BCUT2D eigenvalue weighted by atomic mass is 32.1. The van der Waals surface area contributed by atoms with E-state index in [0.29, 0.717) is 19.4 Å². The Bertz CT molecular complexity index is 804. The SMILES string of the molecule is Cc1ccsc1CN(C)C(=O)CCc1ccc(-c2ccccc2)o1. The molecule has 4 heteroatoms. The number of hydrogen-bond acceptors (Lipinski definition) is 3. The van der Waals surface area contributed by atoms with Gasteiger partial charge in [0.05, 0.1) is 6.54 Å². The van der Waals surface area contributed by atoms with E-state index in [9.17, 15) is 4.79 Å². The fourth-order valence-electron chi connectivity index (χ4n) is 2.56. The van der Waals surface area contributed by atoms with Crippen LogP contribution in [0.3, 0.4) is 0 Å². The van der Waals surface area contributed by atoms with Crippen LogP contribution < -0.4 is 0 Å². The molecular weight excluding hydrogens is 318 g/mol. The summed E-state index contributed by atoms with van der Waals surface area (Å²) >= 11 is 1.70. The summed E-state index contributed by atoms with van der Waals surface area (Å²) in [5, 5.41) is 2.07. The van der Waals surface area contributed by atoms with Gasteiger partial charge in [0.15, 0.2) is 0 Å². The van der Waals surface area contributed by atoms with Crippen molar-refractivity contribution in [2.24, 2.45) is 0 Å². The standard InChI is InChI=1S/C20H21NO2S/c1-15-12-13-24-19(15)14-21(2)20(22)11-9-17-8-10-18(23-17)16-6-4-3-5-7-16/h3-8,10,12-13H,9,11,14H2,1-2H3. The van der Waals surface area contributed by atoms with Gasteiger partial charge in [-0.3, -0.25) is 4.79 Å². The van der Waals surface area contributed by atoms with Crippen molar-refractivity contribution in [3.05, 3.63) is 70.1 Å². The molecule has 0 aliphatic carbocycles. The van der Waals surface area contributed by atoms with Crippen LogP contribution in [0.15, 0.2) is 58.3 Å². The van der Waals surface area contributed by atoms with Gasteiger partial charge in [-0.1, -0.05) is 30.3 Å². The molecule has 0 bridgehead atoms. The van der Waals surface area contributed by atoms with Crippen LogP contribution in [-0.2, 0) is 17.8 Å². The first-order valence-corrected chi connectivity index (χ1v) is 8.92. The average Bonchev–Trinajstić information content (AvgIpc) is 3.23. The van der Waals surface area contributed by atoms with Gasteiger partial charge in [0.2, 0.25) is 5.91 Å². The first kappa shape index (κ1) is 16.5. The summed E-state index contributed by atoms with van der Waals surface area (Å²) in [5.74, 6) is 1.84. The molecule has 3 rings (SSSR count). The van der Waals surface area contributed by atoms with E-state index in [2.05, 4.69) is 18.4 Å². The summed E-state index contributed by atoms with van der Waals surface area (Å²) in [6.45, 7) is 2.76. The van der Waals surface area contributed by atoms with E-state index in [1.165, 1.54) is 10.4 Å². The van der Waals surface area contributed by atoms with Crippen LogP contribution in [0, 0.1) is 6.92 Å². The van der Waals surface area contributed by atoms with Gasteiger partial charge in [-0.15, -0.1) is 11.3 Å². The zero-order chi connectivity index (χ0) is 16.9. The zero-order valence-corrected chi connectivity index (χ0v) is 14.8. The van der Waals surface area contributed by atoms with Crippen molar-refractivity contribution < 1.29 is 9.21 Å². The van der Waals surface area contributed by atoms with Crippen LogP contribution in [0.1, 0.15) is 22.6 Å². The van der Waals surface area contributed by atoms with Crippen LogP contribution in [-0.4, -0.2) is 17.9 Å². The van der Waals surface area contributed by atoms with E-state index >= 15 is 0 Å². The number of thiophene rings is 1. The smallest absolute Gasteiger partial charge is 0.223 e. The normalized spacial score (nSPS) is 10.8. The van der Waals surface area contributed by atoms with Crippen molar-refractivity contribution in [1.29, 1.82) is 0 Å². The molecule has 0 saturated heterocycles. The van der Waals surface area contributed by atoms with Crippen molar-refractivity contribution >= 4 is 17.2 Å². The number of furan rings is 1. The summed E-state index contributed by atoms with van der Waals surface area (Å²) in [6.07, 6.45) is 1.09. The maximum atomic E-state index is 12.3. The van der Waals surface area contributed by atoms with Gasteiger partial charge in [0.25, 0.3) is 0 Å². The first-order valence-electron chi connectivity index (χ1n) is 8.04. The van der Waals surface area contributed by atoms with Crippen LogP contribution >= 0.6 is 11.3 Å². The van der Waals surface area contributed by atoms with Gasteiger partial charge in [0.1, 0.15) is 11.5 Å². The second-order valence-electron chi connectivity index (χ2n) is 5.91. The van der Waals surface area contributed by atoms with Crippen molar-refractivity contribution in [3.63, 3.8) is 0 Å². The Labute approximate surface area is 146 Å². The second kappa shape index (κ2) is 7.49. The molecule has 3 nitrogen and oxygen atoms in total. The molecule has 0 N–H and O–H groups in total. The number of nitrogens with zero attached hydrogens (tertiary/aromatic N) is 1. The predicted molar refractivity (Wildman–Crippen MR) is 98.0 cm³/mol. The fraction of sp³-hybridized carbons (Fsp3) is 0.250. The molecule has 2 heterocycles.